The van der Waals surface area contributed by atoms with Gasteiger partial charge in [-0.25, -0.2) is 8.42 Å². The Balaban J connectivity index is 2.06. The van der Waals surface area contributed by atoms with Crippen molar-refractivity contribution < 1.29 is 13.2 Å². The maximum absolute atomic E-state index is 13.1. The molecule has 5 heteroatoms. The summed E-state index contributed by atoms with van der Waals surface area (Å²) in [6.07, 6.45) is 0. The van der Waals surface area contributed by atoms with E-state index in [0.29, 0.717) is 6.61 Å². The fourth-order valence-corrected chi connectivity index (χ4v) is 5.69. The van der Waals surface area contributed by atoms with Crippen LogP contribution in [0, 0.1) is 16.7 Å². The Hall–Kier alpha value is -2.16. The zero-order valence-corrected chi connectivity index (χ0v) is 14.2. The van der Waals surface area contributed by atoms with E-state index in [4.69, 9.17) is 4.74 Å². The summed E-state index contributed by atoms with van der Waals surface area (Å²) in [5, 5.41) is 9.02. The lowest BCUT2D eigenvalue weighted by Gasteiger charge is -2.09. The topological polar surface area (TPSA) is 67.2 Å². The Morgan fingerprint density at radius 1 is 1.08 bits per heavy atom. The van der Waals surface area contributed by atoms with E-state index in [2.05, 4.69) is 6.07 Å². The molecule has 1 saturated carbocycles. The molecule has 3 rings (SSSR count). The highest BCUT2D eigenvalue weighted by molar-refractivity contribution is 7.92. The minimum atomic E-state index is -3.62. The van der Waals surface area contributed by atoms with Gasteiger partial charge in [-0.1, -0.05) is 48.5 Å². The molecule has 1 aliphatic carbocycles. The number of rotatable bonds is 6. The van der Waals surface area contributed by atoms with Gasteiger partial charge >= 0.3 is 0 Å². The van der Waals surface area contributed by atoms with Crippen molar-refractivity contribution in [2.75, 3.05) is 13.2 Å². The smallest absolute Gasteiger partial charge is 0.183 e. The monoisotopic (exact) mass is 341 g/mol. The molecule has 0 unspecified atom stereocenters. The molecule has 1 aliphatic rings. The quantitative estimate of drug-likeness (QED) is 0.809. The average molecular weight is 341 g/mol. The highest BCUT2D eigenvalue weighted by atomic mass is 32.2. The van der Waals surface area contributed by atoms with E-state index in [1.807, 2.05) is 37.3 Å². The van der Waals surface area contributed by atoms with Crippen molar-refractivity contribution in [3.8, 4) is 6.07 Å². The number of nitriles is 1. The van der Waals surface area contributed by atoms with E-state index < -0.39 is 20.5 Å². The highest BCUT2D eigenvalue weighted by Gasteiger charge is 2.72. The average Bonchev–Trinajstić information content (AvgIpc) is 3.32. The van der Waals surface area contributed by atoms with Crippen LogP contribution in [0.2, 0.25) is 0 Å². The maximum atomic E-state index is 13.1. The molecule has 0 N–H and O–H groups in total. The Bertz CT molecular complexity index is 843. The molecule has 2 aromatic carbocycles. The van der Waals surface area contributed by atoms with Crippen LogP contribution in [0.3, 0.4) is 0 Å². The number of nitrogens with zero attached hydrogens (tertiary/aromatic N) is 1. The third-order valence-corrected chi connectivity index (χ3v) is 6.86. The summed E-state index contributed by atoms with van der Waals surface area (Å²) in [4.78, 5) is 0.254. The molecule has 0 bridgehead atoms. The molecule has 2 aromatic rings. The van der Waals surface area contributed by atoms with Crippen molar-refractivity contribution in [2.24, 2.45) is 5.41 Å². The number of hydrogen-bond donors (Lipinski definition) is 0. The van der Waals surface area contributed by atoms with Crippen molar-refractivity contribution in [3.05, 3.63) is 66.2 Å². The summed E-state index contributed by atoms with van der Waals surface area (Å²) in [5.74, 6) is -0.375. The van der Waals surface area contributed by atoms with Crippen molar-refractivity contribution in [1.29, 1.82) is 5.26 Å². The second-order valence-corrected chi connectivity index (χ2v) is 8.03. The van der Waals surface area contributed by atoms with E-state index in [-0.39, 0.29) is 17.4 Å². The first-order valence-electron chi connectivity index (χ1n) is 7.91. The minimum Gasteiger partial charge on any atom is -0.380 e. The standard InChI is InChI=1S/C19H19NO3S/c1-2-23-14-19(13-20)17(15-9-5-3-6-10-15)18(19)24(21,22)16-11-7-4-8-12-16/h3-12,17-18H,2,14H2,1H3/t17-,18+,19+/m1/s1. The molecule has 24 heavy (non-hydrogen) atoms. The summed E-state index contributed by atoms with van der Waals surface area (Å²) in [6, 6.07) is 20.0. The molecule has 0 heterocycles. The lowest BCUT2D eigenvalue weighted by Crippen LogP contribution is -2.19. The second-order valence-electron chi connectivity index (χ2n) is 5.96. The number of hydrogen-bond acceptors (Lipinski definition) is 4. The van der Waals surface area contributed by atoms with E-state index >= 15 is 0 Å². The van der Waals surface area contributed by atoms with Crippen LogP contribution in [-0.4, -0.2) is 26.9 Å². The number of sulfone groups is 1. The molecular formula is C19H19NO3S. The van der Waals surface area contributed by atoms with E-state index in [9.17, 15) is 13.7 Å². The maximum Gasteiger partial charge on any atom is 0.183 e. The lowest BCUT2D eigenvalue weighted by atomic mass is 10.0. The highest BCUT2D eigenvalue weighted by Crippen LogP contribution is 2.63. The fraction of sp³-hybridized carbons (Fsp3) is 0.316. The predicted octanol–water partition coefficient (Wildman–Crippen LogP) is 3.17. The summed E-state index contributed by atoms with van der Waals surface area (Å²) in [7, 11) is -3.62. The fourth-order valence-electron chi connectivity index (χ4n) is 3.36. The zero-order chi connectivity index (χ0) is 17.2. The predicted molar refractivity (Wildman–Crippen MR) is 91.1 cm³/mol. The first-order valence-corrected chi connectivity index (χ1v) is 9.45. The van der Waals surface area contributed by atoms with Crippen LogP contribution >= 0.6 is 0 Å². The normalized spacial score (nSPS) is 25.8. The van der Waals surface area contributed by atoms with Gasteiger partial charge in [-0.3, -0.25) is 0 Å². The third kappa shape index (κ3) is 2.62. The minimum absolute atomic E-state index is 0.121. The van der Waals surface area contributed by atoms with Crippen LogP contribution in [0.15, 0.2) is 65.6 Å². The summed E-state index contributed by atoms with van der Waals surface area (Å²) < 4.78 is 31.7. The van der Waals surface area contributed by atoms with Crippen LogP contribution < -0.4 is 0 Å². The molecule has 0 aromatic heterocycles. The van der Waals surface area contributed by atoms with Crippen molar-refractivity contribution in [2.45, 2.75) is 23.0 Å². The Morgan fingerprint density at radius 2 is 1.67 bits per heavy atom. The van der Waals surface area contributed by atoms with Crippen LogP contribution in [0.4, 0.5) is 0 Å². The Morgan fingerprint density at radius 3 is 2.21 bits per heavy atom. The summed E-state index contributed by atoms with van der Waals surface area (Å²) in [5.41, 5.74) is -0.172. The SMILES string of the molecule is CCOC[C@@]1(C#N)[C@H](c2ccccc2)[C@@H]1S(=O)(=O)c1ccccc1. The molecule has 0 spiro atoms. The van der Waals surface area contributed by atoms with Gasteiger partial charge in [-0.2, -0.15) is 5.26 Å². The number of benzene rings is 2. The van der Waals surface area contributed by atoms with Gasteiger partial charge < -0.3 is 4.74 Å². The van der Waals surface area contributed by atoms with Crippen molar-refractivity contribution in [1.82, 2.24) is 0 Å². The van der Waals surface area contributed by atoms with Crippen LogP contribution in [0.5, 0.6) is 0 Å². The zero-order valence-electron chi connectivity index (χ0n) is 13.4. The lowest BCUT2D eigenvalue weighted by molar-refractivity contribution is 0.117. The van der Waals surface area contributed by atoms with Gasteiger partial charge in [0.15, 0.2) is 9.84 Å². The van der Waals surface area contributed by atoms with E-state index in [1.54, 1.807) is 30.3 Å². The first kappa shape index (κ1) is 16.7. The largest absolute Gasteiger partial charge is 0.380 e. The van der Waals surface area contributed by atoms with Crippen LogP contribution in [0.25, 0.3) is 0 Å². The Labute approximate surface area is 142 Å². The van der Waals surface area contributed by atoms with Gasteiger partial charge in [0.05, 0.1) is 22.8 Å². The molecule has 0 aliphatic heterocycles. The van der Waals surface area contributed by atoms with Gasteiger partial charge in [-0.05, 0) is 24.6 Å². The third-order valence-electron chi connectivity index (χ3n) is 4.57. The molecule has 124 valence electrons. The van der Waals surface area contributed by atoms with Crippen molar-refractivity contribution in [3.63, 3.8) is 0 Å². The summed E-state index contributed by atoms with van der Waals surface area (Å²) in [6.45, 7) is 2.41. The second kappa shape index (κ2) is 6.39. The Kier molecular flexibility index (Phi) is 4.44. The molecular weight excluding hydrogens is 322 g/mol. The number of ether oxygens (including phenoxy) is 1. The van der Waals surface area contributed by atoms with Gasteiger partial charge in [-0.15, -0.1) is 0 Å². The van der Waals surface area contributed by atoms with Gasteiger partial charge in [0.25, 0.3) is 0 Å². The van der Waals surface area contributed by atoms with E-state index in [0.717, 1.165) is 5.56 Å². The van der Waals surface area contributed by atoms with Crippen LogP contribution in [0.1, 0.15) is 18.4 Å². The van der Waals surface area contributed by atoms with Crippen LogP contribution in [-0.2, 0) is 14.6 Å². The molecule has 0 radical (unpaired) electrons. The molecule has 0 amide bonds. The molecule has 1 fully saturated rings. The first-order chi connectivity index (χ1) is 11.6. The van der Waals surface area contributed by atoms with E-state index in [1.165, 1.54) is 0 Å². The summed E-state index contributed by atoms with van der Waals surface area (Å²) >= 11 is 0. The van der Waals surface area contributed by atoms with Gasteiger partial charge in [0, 0.05) is 12.5 Å². The van der Waals surface area contributed by atoms with Gasteiger partial charge in [0.2, 0.25) is 0 Å². The molecule has 3 atom stereocenters. The van der Waals surface area contributed by atoms with Crippen molar-refractivity contribution >= 4 is 9.84 Å². The van der Waals surface area contributed by atoms with Gasteiger partial charge in [0.1, 0.15) is 5.41 Å². The molecule has 4 nitrogen and oxygen atoms in total. The molecule has 0 saturated heterocycles.